The smallest absolute Gasteiger partial charge is 0.270 e. The molecule has 1 aliphatic rings. The van der Waals surface area contributed by atoms with Gasteiger partial charge in [0.1, 0.15) is 0 Å². The Kier molecular flexibility index (Phi) is 5.86. The summed E-state index contributed by atoms with van der Waals surface area (Å²) in [5.41, 5.74) is 5.44. The number of non-ortho nitro benzene ring substituents is 1. The van der Waals surface area contributed by atoms with Crippen LogP contribution in [0.1, 0.15) is 49.8 Å². The molecule has 0 radical (unpaired) electrons. The Hall–Kier alpha value is -2.73. The molecule has 1 heterocycles. The number of thiazole rings is 1. The summed E-state index contributed by atoms with van der Waals surface area (Å²) in [6.45, 7) is 6.52. The van der Waals surface area contributed by atoms with Crippen molar-refractivity contribution in [2.24, 2.45) is 10.9 Å². The highest BCUT2D eigenvalue weighted by Gasteiger charge is 2.26. The van der Waals surface area contributed by atoms with Crippen LogP contribution >= 0.6 is 11.3 Å². The van der Waals surface area contributed by atoms with E-state index in [2.05, 4.69) is 48.9 Å². The molecule has 0 aliphatic heterocycles. The Morgan fingerprint density at radius 2 is 1.90 bits per heavy atom. The van der Waals surface area contributed by atoms with Crippen molar-refractivity contribution in [3.05, 3.63) is 73.9 Å². The number of aromatic nitrogens is 1. The molecule has 6 heteroatoms. The van der Waals surface area contributed by atoms with Gasteiger partial charge in [-0.2, -0.15) is 0 Å². The SMILES string of the molecule is Cc1ccc(N=c2scc(-c3cccc([N+](=O)[O-])c3)n2C2CCCCC2C)cc1C. The fourth-order valence-electron chi connectivity index (χ4n) is 4.30. The first-order chi connectivity index (χ1) is 14.4. The maximum Gasteiger partial charge on any atom is 0.270 e. The molecular formula is C24H27N3O2S. The van der Waals surface area contributed by atoms with Crippen LogP contribution in [0.4, 0.5) is 11.4 Å². The minimum absolute atomic E-state index is 0.120. The third-order valence-electron chi connectivity index (χ3n) is 6.21. The Morgan fingerprint density at radius 1 is 1.10 bits per heavy atom. The maximum atomic E-state index is 11.3. The Labute approximate surface area is 180 Å². The number of rotatable bonds is 4. The molecule has 0 N–H and O–H groups in total. The van der Waals surface area contributed by atoms with Crippen LogP contribution in [0.2, 0.25) is 0 Å². The molecule has 0 spiro atoms. The quantitative estimate of drug-likeness (QED) is 0.346. The second-order valence-electron chi connectivity index (χ2n) is 8.29. The third-order valence-corrected chi connectivity index (χ3v) is 7.05. The summed E-state index contributed by atoms with van der Waals surface area (Å²) >= 11 is 1.61. The second-order valence-corrected chi connectivity index (χ2v) is 9.13. The van der Waals surface area contributed by atoms with E-state index in [0.717, 1.165) is 28.2 Å². The number of nitro groups is 1. The first-order valence-electron chi connectivity index (χ1n) is 10.5. The third kappa shape index (κ3) is 4.10. The van der Waals surface area contributed by atoms with Crippen LogP contribution in [-0.4, -0.2) is 9.49 Å². The van der Waals surface area contributed by atoms with Crippen molar-refractivity contribution in [3.8, 4) is 11.3 Å². The van der Waals surface area contributed by atoms with Gasteiger partial charge in [0.2, 0.25) is 0 Å². The summed E-state index contributed by atoms with van der Waals surface area (Å²) in [6, 6.07) is 13.6. The maximum absolute atomic E-state index is 11.3. The lowest BCUT2D eigenvalue weighted by molar-refractivity contribution is -0.384. The van der Waals surface area contributed by atoms with Crippen molar-refractivity contribution in [1.82, 2.24) is 4.57 Å². The molecule has 5 nitrogen and oxygen atoms in total. The molecule has 2 aromatic carbocycles. The molecule has 156 valence electrons. The highest BCUT2D eigenvalue weighted by atomic mass is 32.1. The summed E-state index contributed by atoms with van der Waals surface area (Å²) in [7, 11) is 0. The summed E-state index contributed by atoms with van der Waals surface area (Å²) < 4.78 is 2.34. The van der Waals surface area contributed by atoms with Crippen LogP contribution in [0.3, 0.4) is 0 Å². The average molecular weight is 422 g/mol. The molecule has 1 fully saturated rings. The van der Waals surface area contributed by atoms with Crippen LogP contribution in [-0.2, 0) is 0 Å². The average Bonchev–Trinajstić information content (AvgIpc) is 3.14. The van der Waals surface area contributed by atoms with Crippen LogP contribution in [0, 0.1) is 29.9 Å². The zero-order chi connectivity index (χ0) is 21.3. The number of aryl methyl sites for hydroxylation is 2. The summed E-state index contributed by atoms with van der Waals surface area (Å²) in [6.07, 6.45) is 4.78. The topological polar surface area (TPSA) is 60.4 Å². The number of hydrogen-bond acceptors (Lipinski definition) is 4. The van der Waals surface area contributed by atoms with Crippen LogP contribution < -0.4 is 4.80 Å². The van der Waals surface area contributed by atoms with Gasteiger partial charge in [0, 0.05) is 29.1 Å². The molecule has 2 unspecified atom stereocenters. The monoisotopic (exact) mass is 421 g/mol. The predicted molar refractivity (Wildman–Crippen MR) is 122 cm³/mol. The van der Waals surface area contributed by atoms with Gasteiger partial charge >= 0.3 is 0 Å². The number of nitro benzene ring substituents is 1. The van der Waals surface area contributed by atoms with Gasteiger partial charge in [0.05, 0.1) is 16.3 Å². The first kappa shape index (κ1) is 20.5. The molecule has 2 atom stereocenters. The van der Waals surface area contributed by atoms with Crippen molar-refractivity contribution in [2.75, 3.05) is 0 Å². The fraction of sp³-hybridized carbons (Fsp3) is 0.375. The van der Waals surface area contributed by atoms with Crippen LogP contribution in [0.15, 0.2) is 52.8 Å². The Morgan fingerprint density at radius 3 is 2.63 bits per heavy atom. The number of hydrogen-bond donors (Lipinski definition) is 0. The molecule has 1 aromatic heterocycles. The van der Waals surface area contributed by atoms with E-state index in [9.17, 15) is 10.1 Å². The first-order valence-corrected chi connectivity index (χ1v) is 11.4. The van der Waals surface area contributed by atoms with Crippen molar-refractivity contribution >= 4 is 22.7 Å². The normalized spacial score (nSPS) is 19.8. The van der Waals surface area contributed by atoms with Gasteiger partial charge in [0.25, 0.3) is 5.69 Å². The second kappa shape index (κ2) is 8.56. The van der Waals surface area contributed by atoms with Gasteiger partial charge in [-0.05, 0) is 55.9 Å². The molecule has 1 aliphatic carbocycles. The van der Waals surface area contributed by atoms with Gasteiger partial charge in [-0.25, -0.2) is 4.99 Å². The van der Waals surface area contributed by atoms with Crippen molar-refractivity contribution in [1.29, 1.82) is 0 Å². The van der Waals surface area contributed by atoms with Crippen molar-refractivity contribution in [2.45, 2.75) is 52.5 Å². The lowest BCUT2D eigenvalue weighted by atomic mass is 9.85. The van der Waals surface area contributed by atoms with Gasteiger partial charge in [-0.3, -0.25) is 10.1 Å². The van der Waals surface area contributed by atoms with Gasteiger partial charge in [0.15, 0.2) is 4.80 Å². The standard InChI is InChI=1S/C24H27N3O2S/c1-16-11-12-20(13-18(16)3)25-24-26(22-10-5-4-7-17(22)2)23(15-30-24)19-8-6-9-21(14-19)27(28)29/h6,8-9,11-15,17,22H,4-5,7,10H2,1-3H3. The predicted octanol–water partition coefficient (Wildman–Crippen LogP) is 6.73. The Bertz CT molecular complexity index is 1150. The fourth-order valence-corrected chi connectivity index (χ4v) is 5.27. The van der Waals surface area contributed by atoms with Crippen LogP contribution in [0.5, 0.6) is 0 Å². The molecule has 4 rings (SSSR count). The van der Waals surface area contributed by atoms with Gasteiger partial charge in [-0.1, -0.05) is 38.0 Å². The largest absolute Gasteiger partial charge is 0.313 e. The summed E-state index contributed by atoms with van der Waals surface area (Å²) in [4.78, 5) is 16.9. The van der Waals surface area contributed by atoms with Gasteiger partial charge in [-0.15, -0.1) is 11.3 Å². The molecule has 3 aromatic rings. The highest BCUT2D eigenvalue weighted by Crippen LogP contribution is 2.37. The lowest BCUT2D eigenvalue weighted by Crippen LogP contribution is -2.28. The Balaban J connectivity index is 1.89. The van der Waals surface area contributed by atoms with Crippen molar-refractivity contribution in [3.63, 3.8) is 0 Å². The van der Waals surface area contributed by atoms with E-state index < -0.39 is 0 Å². The molecule has 0 bridgehead atoms. The number of benzene rings is 2. The lowest BCUT2D eigenvalue weighted by Gasteiger charge is -2.31. The molecular weight excluding hydrogens is 394 g/mol. The minimum atomic E-state index is -0.330. The summed E-state index contributed by atoms with van der Waals surface area (Å²) in [5, 5.41) is 13.4. The van der Waals surface area contributed by atoms with Crippen molar-refractivity contribution < 1.29 is 4.92 Å². The molecule has 1 saturated carbocycles. The van der Waals surface area contributed by atoms with E-state index in [0.29, 0.717) is 12.0 Å². The minimum Gasteiger partial charge on any atom is -0.313 e. The van der Waals surface area contributed by atoms with E-state index in [-0.39, 0.29) is 10.6 Å². The van der Waals surface area contributed by atoms with Crippen LogP contribution in [0.25, 0.3) is 11.3 Å². The summed E-state index contributed by atoms with van der Waals surface area (Å²) in [5.74, 6) is 0.546. The van der Waals surface area contributed by atoms with E-state index in [1.165, 1.54) is 30.4 Å². The highest BCUT2D eigenvalue weighted by molar-refractivity contribution is 7.07. The zero-order valence-corrected chi connectivity index (χ0v) is 18.5. The van der Waals surface area contributed by atoms with E-state index >= 15 is 0 Å². The number of nitrogens with zero attached hydrogens (tertiary/aromatic N) is 3. The van der Waals surface area contributed by atoms with E-state index in [4.69, 9.17) is 4.99 Å². The molecule has 30 heavy (non-hydrogen) atoms. The van der Waals surface area contributed by atoms with Gasteiger partial charge < -0.3 is 4.57 Å². The van der Waals surface area contributed by atoms with E-state index in [1.807, 2.05) is 6.07 Å². The molecule has 0 saturated heterocycles. The molecule has 0 amide bonds. The zero-order valence-electron chi connectivity index (χ0n) is 17.7. The van der Waals surface area contributed by atoms with E-state index in [1.54, 1.807) is 29.5 Å².